The minimum absolute atomic E-state index is 0.0666. The van der Waals surface area contributed by atoms with Crippen LogP contribution in [0.5, 0.6) is 5.75 Å². The Hall–Kier alpha value is -3.78. The molecule has 1 atom stereocenters. The maximum atomic E-state index is 14.1. The van der Waals surface area contributed by atoms with Gasteiger partial charge in [-0.2, -0.15) is 0 Å². The molecule has 14 heteroatoms. The normalized spacial score (nSPS) is 11.8. The number of halogens is 2. The first-order valence-corrected chi connectivity index (χ1v) is 13.5. The van der Waals surface area contributed by atoms with Gasteiger partial charge in [0.15, 0.2) is 28.7 Å². The van der Waals surface area contributed by atoms with Crippen LogP contribution < -0.4 is 15.8 Å². The lowest BCUT2D eigenvalue weighted by molar-refractivity contribution is -0.113. The number of primary amides is 1. The number of carbonyl (C=O) groups is 3. The zero-order valence-electron chi connectivity index (χ0n) is 21.6. The average Bonchev–Trinajstić information content (AvgIpc) is 3.39. The number of hydrogen-bond donors (Lipinski definition) is 2. The number of carbonyl (C=O) groups excluding carboxylic acids is 3. The van der Waals surface area contributed by atoms with Crippen LogP contribution in [0.25, 0.3) is 0 Å². The molecule has 208 valence electrons. The van der Waals surface area contributed by atoms with Crippen molar-refractivity contribution in [3.05, 3.63) is 64.3 Å². The van der Waals surface area contributed by atoms with Gasteiger partial charge in [0.25, 0.3) is 5.91 Å². The molecule has 0 saturated heterocycles. The number of allylic oxidation sites excluding steroid dienone is 1. The summed E-state index contributed by atoms with van der Waals surface area (Å²) in [4.78, 5) is 37.4. The van der Waals surface area contributed by atoms with Gasteiger partial charge in [-0.15, -0.1) is 28.1 Å². The fraction of sp³-hybridized carbons (Fsp3) is 0.320. The highest BCUT2D eigenvalue weighted by Crippen LogP contribution is 2.34. The van der Waals surface area contributed by atoms with Gasteiger partial charge in [-0.1, -0.05) is 17.8 Å². The molecule has 10 nitrogen and oxygen atoms in total. The Morgan fingerprint density at radius 1 is 1.26 bits per heavy atom. The lowest BCUT2D eigenvalue weighted by atomic mass is 10.1. The first kappa shape index (κ1) is 29.8. The highest BCUT2D eigenvalue weighted by atomic mass is 32.2. The molecule has 0 saturated carbocycles. The van der Waals surface area contributed by atoms with E-state index in [-0.39, 0.29) is 33.5 Å². The number of thioether (sulfide) groups is 1. The number of esters is 1. The quantitative estimate of drug-likeness (QED) is 0.180. The molecule has 1 aromatic carbocycles. The number of ether oxygens (including phenoxy) is 2. The van der Waals surface area contributed by atoms with Crippen LogP contribution in [0.4, 0.5) is 13.8 Å². The van der Waals surface area contributed by atoms with Gasteiger partial charge in [0, 0.05) is 12.6 Å². The van der Waals surface area contributed by atoms with Gasteiger partial charge < -0.3 is 20.5 Å². The fourth-order valence-corrected chi connectivity index (χ4v) is 5.29. The van der Waals surface area contributed by atoms with Crippen molar-refractivity contribution < 1.29 is 32.6 Å². The van der Waals surface area contributed by atoms with Crippen LogP contribution in [-0.2, 0) is 16.1 Å². The largest absolute Gasteiger partial charge is 0.480 e. The van der Waals surface area contributed by atoms with Crippen molar-refractivity contribution in [3.8, 4) is 5.75 Å². The summed E-state index contributed by atoms with van der Waals surface area (Å²) in [6.45, 7) is 10.5. The molecule has 2 amide bonds. The summed E-state index contributed by atoms with van der Waals surface area (Å²) in [7, 11) is 0. The van der Waals surface area contributed by atoms with E-state index in [0.717, 1.165) is 29.2 Å². The van der Waals surface area contributed by atoms with E-state index in [0.29, 0.717) is 22.6 Å². The molecular formula is C25H27F2N5O5S2. The summed E-state index contributed by atoms with van der Waals surface area (Å²) in [5.74, 6) is -3.43. The first-order valence-electron chi connectivity index (χ1n) is 11.6. The monoisotopic (exact) mass is 579 g/mol. The Bertz CT molecular complexity index is 1410. The number of nitrogens with zero attached hydrogens (tertiary/aromatic N) is 3. The van der Waals surface area contributed by atoms with Gasteiger partial charge in [0.1, 0.15) is 10.8 Å². The third kappa shape index (κ3) is 7.20. The molecule has 0 aliphatic carbocycles. The third-order valence-electron chi connectivity index (χ3n) is 5.12. The minimum atomic E-state index is -0.858. The van der Waals surface area contributed by atoms with E-state index in [9.17, 15) is 23.2 Å². The van der Waals surface area contributed by atoms with Gasteiger partial charge in [-0.3, -0.25) is 14.2 Å². The minimum Gasteiger partial charge on any atom is -0.480 e. The van der Waals surface area contributed by atoms with E-state index in [1.807, 2.05) is 0 Å². The molecule has 0 spiro atoms. The second-order valence-corrected chi connectivity index (χ2v) is 10.5. The van der Waals surface area contributed by atoms with Gasteiger partial charge in [-0.05, 0) is 45.4 Å². The third-order valence-corrected chi connectivity index (χ3v) is 7.31. The Kier molecular flexibility index (Phi) is 9.81. The Labute approximate surface area is 231 Å². The number of amides is 2. The van der Waals surface area contributed by atoms with Crippen molar-refractivity contribution in [2.75, 3.05) is 11.1 Å². The van der Waals surface area contributed by atoms with Crippen LogP contribution in [0.2, 0.25) is 0 Å². The number of anilines is 1. The average molecular weight is 580 g/mol. The summed E-state index contributed by atoms with van der Waals surface area (Å²) in [5, 5.41) is 11.4. The first-order chi connectivity index (χ1) is 18.4. The highest BCUT2D eigenvalue weighted by Gasteiger charge is 2.27. The van der Waals surface area contributed by atoms with E-state index in [2.05, 4.69) is 22.1 Å². The van der Waals surface area contributed by atoms with Crippen molar-refractivity contribution in [3.63, 3.8) is 0 Å². The van der Waals surface area contributed by atoms with Gasteiger partial charge in [0.05, 0.1) is 22.3 Å². The SMILES string of the molecule is C=CCn1c(SCC(=O)Nc2sc(C(N)=O)c(C)c2C(=O)OC(C)C)nnc1C(C)Oc1ccc(F)cc1F. The second-order valence-electron chi connectivity index (χ2n) is 8.49. The molecule has 0 bridgehead atoms. The Morgan fingerprint density at radius 3 is 2.59 bits per heavy atom. The molecule has 0 aliphatic rings. The van der Waals surface area contributed by atoms with Crippen molar-refractivity contribution in [1.29, 1.82) is 0 Å². The van der Waals surface area contributed by atoms with Crippen LogP contribution in [0, 0.1) is 18.6 Å². The molecule has 3 rings (SSSR count). The maximum Gasteiger partial charge on any atom is 0.341 e. The summed E-state index contributed by atoms with van der Waals surface area (Å²) >= 11 is 1.94. The summed E-state index contributed by atoms with van der Waals surface area (Å²) in [6.07, 6.45) is 0.412. The molecule has 2 heterocycles. The zero-order chi connectivity index (χ0) is 28.9. The lowest BCUT2D eigenvalue weighted by Gasteiger charge is -2.16. The molecule has 3 aromatic rings. The van der Waals surface area contributed by atoms with Crippen molar-refractivity contribution >= 4 is 45.9 Å². The van der Waals surface area contributed by atoms with Crippen LogP contribution >= 0.6 is 23.1 Å². The number of aromatic nitrogens is 3. The molecule has 0 radical (unpaired) electrons. The van der Waals surface area contributed by atoms with Crippen molar-refractivity contribution in [2.45, 2.75) is 51.6 Å². The standard InChI is InChI=1S/C25H27F2N5O5S2/c1-6-9-32-22(14(5)37-17-8-7-15(26)10-16(17)27)30-31-25(32)38-11-18(33)29-23-19(24(35)36-12(2)3)13(4)20(39-23)21(28)34/h6-8,10,12,14H,1,9,11H2,2-5H3,(H2,28,34)(H,29,33). The Balaban J connectivity index is 1.76. The number of benzene rings is 1. The van der Waals surface area contributed by atoms with Crippen LogP contribution in [-0.4, -0.2) is 44.4 Å². The highest BCUT2D eigenvalue weighted by molar-refractivity contribution is 7.99. The van der Waals surface area contributed by atoms with Gasteiger partial charge in [0.2, 0.25) is 5.91 Å². The molecule has 0 fully saturated rings. The number of hydrogen-bond acceptors (Lipinski definition) is 9. The molecule has 39 heavy (non-hydrogen) atoms. The smallest absolute Gasteiger partial charge is 0.341 e. The fourth-order valence-electron chi connectivity index (χ4n) is 3.47. The molecule has 0 aliphatic heterocycles. The number of rotatable bonds is 12. The van der Waals surface area contributed by atoms with Crippen LogP contribution in [0.1, 0.15) is 58.3 Å². The molecule has 1 unspecified atom stereocenters. The van der Waals surface area contributed by atoms with Gasteiger partial charge in [-0.25, -0.2) is 13.6 Å². The maximum absolute atomic E-state index is 14.1. The summed E-state index contributed by atoms with van der Waals surface area (Å²) in [6, 6.07) is 2.97. The number of thiophene rings is 1. The summed E-state index contributed by atoms with van der Waals surface area (Å²) < 4.78 is 39.8. The van der Waals surface area contributed by atoms with Crippen LogP contribution in [0.3, 0.4) is 0 Å². The van der Waals surface area contributed by atoms with Crippen molar-refractivity contribution in [2.24, 2.45) is 5.73 Å². The molecule has 2 aromatic heterocycles. The lowest BCUT2D eigenvalue weighted by Crippen LogP contribution is -2.18. The molecular weight excluding hydrogens is 552 g/mol. The van der Waals surface area contributed by atoms with Gasteiger partial charge >= 0.3 is 5.97 Å². The number of nitrogens with one attached hydrogen (secondary N) is 1. The van der Waals surface area contributed by atoms with Crippen molar-refractivity contribution in [1.82, 2.24) is 14.8 Å². The predicted octanol–water partition coefficient (Wildman–Crippen LogP) is 4.65. The molecule has 3 N–H and O–H groups in total. The summed E-state index contributed by atoms with van der Waals surface area (Å²) in [5.41, 5.74) is 5.82. The van der Waals surface area contributed by atoms with E-state index >= 15 is 0 Å². The predicted molar refractivity (Wildman–Crippen MR) is 143 cm³/mol. The topological polar surface area (TPSA) is 138 Å². The van der Waals surface area contributed by atoms with Crippen LogP contribution in [0.15, 0.2) is 36.0 Å². The van der Waals surface area contributed by atoms with E-state index in [1.54, 1.807) is 38.3 Å². The Morgan fingerprint density at radius 2 is 1.97 bits per heavy atom. The van der Waals surface area contributed by atoms with E-state index in [4.69, 9.17) is 15.2 Å². The second kappa shape index (κ2) is 12.8. The zero-order valence-corrected chi connectivity index (χ0v) is 23.3. The van der Waals surface area contributed by atoms with E-state index in [1.165, 1.54) is 6.07 Å². The number of nitrogens with two attached hydrogens (primary N) is 1. The van der Waals surface area contributed by atoms with E-state index < -0.39 is 41.6 Å².